The highest BCUT2D eigenvalue weighted by atomic mass is 19.1. The lowest BCUT2D eigenvalue weighted by atomic mass is 10.1. The Hall–Kier alpha value is -3.21. The highest BCUT2D eigenvalue weighted by molar-refractivity contribution is 5.75. The summed E-state index contributed by atoms with van der Waals surface area (Å²) in [5, 5.41) is 2.91. The molecule has 0 unspecified atom stereocenters. The highest BCUT2D eigenvalue weighted by Crippen LogP contribution is 2.20. The van der Waals surface area contributed by atoms with Gasteiger partial charge in [-0.2, -0.15) is 0 Å². The molecule has 0 radical (unpaired) electrons. The second kappa shape index (κ2) is 9.48. The van der Waals surface area contributed by atoms with Gasteiger partial charge in [-0.15, -0.1) is 0 Å². The van der Waals surface area contributed by atoms with E-state index in [4.69, 9.17) is 4.74 Å². The number of halogens is 1. The molecule has 1 amide bonds. The van der Waals surface area contributed by atoms with Crippen molar-refractivity contribution < 1.29 is 13.9 Å². The molecule has 1 N–H and O–H groups in total. The van der Waals surface area contributed by atoms with Crippen molar-refractivity contribution in [3.63, 3.8) is 0 Å². The number of ether oxygens (including phenoxy) is 1. The van der Waals surface area contributed by atoms with Crippen LogP contribution in [-0.2, 0) is 17.8 Å². The summed E-state index contributed by atoms with van der Waals surface area (Å²) < 4.78 is 18.5. The van der Waals surface area contributed by atoms with Crippen molar-refractivity contribution in [3.05, 3.63) is 89.9 Å². The van der Waals surface area contributed by atoms with Gasteiger partial charge in [-0.3, -0.25) is 4.79 Å². The molecular weight excluding hydrogens is 343 g/mol. The van der Waals surface area contributed by atoms with Crippen molar-refractivity contribution in [3.8, 4) is 11.6 Å². The lowest BCUT2D eigenvalue weighted by Gasteiger charge is -2.08. The first-order valence-corrected chi connectivity index (χ1v) is 8.88. The molecule has 0 atom stereocenters. The van der Waals surface area contributed by atoms with Crippen molar-refractivity contribution in [1.82, 2.24) is 10.3 Å². The van der Waals surface area contributed by atoms with E-state index in [1.807, 2.05) is 24.3 Å². The molecule has 2 aromatic carbocycles. The quantitative estimate of drug-likeness (QED) is 0.633. The number of carbonyl (C=O) groups excluding carboxylic acids is 1. The number of rotatable bonds is 8. The average Bonchev–Trinajstić information content (AvgIpc) is 2.69. The van der Waals surface area contributed by atoms with E-state index in [0.29, 0.717) is 24.6 Å². The summed E-state index contributed by atoms with van der Waals surface area (Å²) >= 11 is 0. The van der Waals surface area contributed by atoms with Crippen LogP contribution in [0.25, 0.3) is 0 Å². The summed E-state index contributed by atoms with van der Waals surface area (Å²) in [5.41, 5.74) is 2.13. The zero-order valence-electron chi connectivity index (χ0n) is 14.9. The van der Waals surface area contributed by atoms with Crippen LogP contribution in [0.1, 0.15) is 24.0 Å². The molecule has 1 aromatic heterocycles. The van der Waals surface area contributed by atoms with Crippen molar-refractivity contribution in [2.45, 2.75) is 25.8 Å². The molecule has 0 aliphatic carbocycles. The normalized spacial score (nSPS) is 10.4. The van der Waals surface area contributed by atoms with Crippen molar-refractivity contribution in [2.24, 2.45) is 0 Å². The van der Waals surface area contributed by atoms with Crippen molar-refractivity contribution >= 4 is 5.91 Å². The molecule has 5 heteroatoms. The topological polar surface area (TPSA) is 51.2 Å². The molecule has 4 nitrogen and oxygen atoms in total. The van der Waals surface area contributed by atoms with E-state index >= 15 is 0 Å². The second-order valence-corrected chi connectivity index (χ2v) is 6.17. The number of nitrogens with one attached hydrogen (secondary N) is 1. The van der Waals surface area contributed by atoms with Crippen LogP contribution in [-0.4, -0.2) is 10.9 Å². The number of hydrogen-bond acceptors (Lipinski definition) is 3. The molecule has 138 valence electrons. The summed E-state index contributed by atoms with van der Waals surface area (Å²) in [7, 11) is 0. The molecule has 0 fully saturated rings. The Bertz CT molecular complexity index is 867. The minimum atomic E-state index is -0.320. The molecular formula is C22H21FN2O2. The number of aryl methyl sites for hydroxylation is 1. The first kappa shape index (κ1) is 18.6. The van der Waals surface area contributed by atoms with Gasteiger partial charge in [-0.05, 0) is 54.3 Å². The van der Waals surface area contributed by atoms with Crippen LogP contribution < -0.4 is 10.1 Å². The number of benzene rings is 2. The number of pyridine rings is 1. The minimum absolute atomic E-state index is 0.0174. The zero-order valence-corrected chi connectivity index (χ0v) is 14.9. The largest absolute Gasteiger partial charge is 0.439 e. The van der Waals surface area contributed by atoms with Crippen LogP contribution in [0.4, 0.5) is 4.39 Å². The van der Waals surface area contributed by atoms with Crippen LogP contribution in [0.5, 0.6) is 11.6 Å². The fraction of sp³-hybridized carbons (Fsp3) is 0.182. The number of carbonyl (C=O) groups is 1. The van der Waals surface area contributed by atoms with E-state index in [1.165, 1.54) is 29.8 Å². The van der Waals surface area contributed by atoms with Gasteiger partial charge in [0.15, 0.2) is 0 Å². The third kappa shape index (κ3) is 6.22. The van der Waals surface area contributed by atoms with Gasteiger partial charge in [0, 0.05) is 25.2 Å². The van der Waals surface area contributed by atoms with Crippen molar-refractivity contribution in [2.75, 3.05) is 0 Å². The predicted molar refractivity (Wildman–Crippen MR) is 102 cm³/mol. The van der Waals surface area contributed by atoms with E-state index in [2.05, 4.69) is 22.4 Å². The molecule has 0 saturated heterocycles. The minimum Gasteiger partial charge on any atom is -0.439 e. The van der Waals surface area contributed by atoms with Crippen LogP contribution in [0, 0.1) is 5.82 Å². The van der Waals surface area contributed by atoms with Gasteiger partial charge in [0.05, 0.1) is 0 Å². The first-order valence-electron chi connectivity index (χ1n) is 8.88. The van der Waals surface area contributed by atoms with Gasteiger partial charge >= 0.3 is 0 Å². The maximum absolute atomic E-state index is 12.9. The van der Waals surface area contributed by atoms with Crippen molar-refractivity contribution in [1.29, 1.82) is 0 Å². The van der Waals surface area contributed by atoms with Crippen LogP contribution >= 0.6 is 0 Å². The third-order valence-electron chi connectivity index (χ3n) is 4.04. The first-order chi connectivity index (χ1) is 13.2. The summed E-state index contributed by atoms with van der Waals surface area (Å²) in [6.45, 7) is 0.409. The summed E-state index contributed by atoms with van der Waals surface area (Å²) in [6.07, 6.45) is 3.80. The fourth-order valence-electron chi connectivity index (χ4n) is 2.63. The Morgan fingerprint density at radius 2 is 1.78 bits per heavy atom. The number of aromatic nitrogens is 1. The van der Waals surface area contributed by atoms with E-state index in [1.54, 1.807) is 12.3 Å². The monoisotopic (exact) mass is 364 g/mol. The lowest BCUT2D eigenvalue weighted by molar-refractivity contribution is -0.121. The average molecular weight is 364 g/mol. The Labute approximate surface area is 158 Å². The number of amides is 1. The van der Waals surface area contributed by atoms with Gasteiger partial charge in [0.1, 0.15) is 11.6 Å². The SMILES string of the molecule is O=C(CCCc1ccccc1)NCc1ccnc(Oc2ccc(F)cc2)c1. The zero-order chi connectivity index (χ0) is 18.9. The van der Waals surface area contributed by atoms with Gasteiger partial charge in [0.2, 0.25) is 11.8 Å². The molecule has 3 aromatic rings. The molecule has 3 rings (SSSR count). The van der Waals surface area contributed by atoms with Crippen LogP contribution in [0.15, 0.2) is 72.9 Å². The maximum Gasteiger partial charge on any atom is 0.220 e. The van der Waals surface area contributed by atoms with Gasteiger partial charge < -0.3 is 10.1 Å². The molecule has 0 saturated carbocycles. The Balaban J connectivity index is 1.45. The smallest absolute Gasteiger partial charge is 0.220 e. The third-order valence-corrected chi connectivity index (χ3v) is 4.04. The summed E-state index contributed by atoms with van der Waals surface area (Å²) in [5.74, 6) is 0.603. The summed E-state index contributed by atoms with van der Waals surface area (Å²) in [4.78, 5) is 16.2. The summed E-state index contributed by atoms with van der Waals surface area (Å²) in [6, 6.07) is 19.4. The van der Waals surface area contributed by atoms with E-state index < -0.39 is 0 Å². The predicted octanol–water partition coefficient (Wildman–Crippen LogP) is 4.65. The van der Waals surface area contributed by atoms with Gasteiger partial charge in [-0.25, -0.2) is 9.37 Å². The van der Waals surface area contributed by atoms with Gasteiger partial charge in [0.25, 0.3) is 0 Å². The maximum atomic E-state index is 12.9. The number of hydrogen-bond donors (Lipinski definition) is 1. The van der Waals surface area contributed by atoms with Gasteiger partial charge in [-0.1, -0.05) is 30.3 Å². The highest BCUT2D eigenvalue weighted by Gasteiger charge is 2.04. The Morgan fingerprint density at radius 1 is 1.00 bits per heavy atom. The van der Waals surface area contributed by atoms with Crippen LogP contribution in [0.3, 0.4) is 0 Å². The Kier molecular flexibility index (Phi) is 6.52. The fourth-order valence-corrected chi connectivity index (χ4v) is 2.63. The second-order valence-electron chi connectivity index (χ2n) is 6.17. The molecule has 0 aliphatic rings. The Morgan fingerprint density at radius 3 is 2.56 bits per heavy atom. The standard InChI is InChI=1S/C22H21FN2O2/c23-19-9-11-20(12-10-19)27-22-15-18(13-14-24-22)16-25-21(26)8-4-7-17-5-2-1-3-6-17/h1-3,5-6,9-15H,4,7-8,16H2,(H,25,26). The molecule has 1 heterocycles. The molecule has 0 bridgehead atoms. The van der Waals surface area contributed by atoms with E-state index in [9.17, 15) is 9.18 Å². The lowest BCUT2D eigenvalue weighted by Crippen LogP contribution is -2.22. The molecule has 27 heavy (non-hydrogen) atoms. The van der Waals surface area contributed by atoms with Crippen LogP contribution in [0.2, 0.25) is 0 Å². The van der Waals surface area contributed by atoms with E-state index in [0.717, 1.165) is 18.4 Å². The molecule has 0 spiro atoms. The van der Waals surface area contributed by atoms with E-state index in [-0.39, 0.29) is 11.7 Å². The molecule has 0 aliphatic heterocycles. The number of nitrogens with zero attached hydrogens (tertiary/aromatic N) is 1.